The summed E-state index contributed by atoms with van der Waals surface area (Å²) in [5.74, 6) is 0. The van der Waals surface area contributed by atoms with Gasteiger partial charge in [0.2, 0.25) is 10.0 Å². The second-order valence-corrected chi connectivity index (χ2v) is 8.93. The van der Waals surface area contributed by atoms with Gasteiger partial charge in [-0.05, 0) is 39.1 Å². The first kappa shape index (κ1) is 18.7. The monoisotopic (exact) mass is 395 g/mol. The molecule has 1 N–H and O–H groups in total. The third-order valence-corrected chi connectivity index (χ3v) is 6.70. The molecule has 0 aliphatic rings. The molecular formula is C16H21N5O3S2. The van der Waals surface area contributed by atoms with Crippen LogP contribution in [-0.4, -0.2) is 34.3 Å². The molecule has 3 rings (SSSR count). The number of thiophene rings is 1. The van der Waals surface area contributed by atoms with Crippen LogP contribution in [0.25, 0.3) is 10.2 Å². The Kier molecular flexibility index (Phi) is 5.00. The lowest BCUT2D eigenvalue weighted by Crippen LogP contribution is -2.31. The van der Waals surface area contributed by atoms with Crippen molar-refractivity contribution in [2.24, 2.45) is 0 Å². The van der Waals surface area contributed by atoms with Gasteiger partial charge >= 0.3 is 0 Å². The molecule has 140 valence electrons. The van der Waals surface area contributed by atoms with E-state index >= 15 is 0 Å². The minimum Gasteiger partial charge on any atom is -0.297 e. The number of fused-ring (bicyclic) bond motifs is 1. The molecule has 0 aliphatic carbocycles. The van der Waals surface area contributed by atoms with E-state index in [1.807, 2.05) is 19.2 Å². The van der Waals surface area contributed by atoms with Crippen molar-refractivity contribution in [2.45, 2.75) is 45.2 Å². The molecule has 0 amide bonds. The number of hydrogen-bond donors (Lipinski definition) is 1. The van der Waals surface area contributed by atoms with Gasteiger partial charge < -0.3 is 0 Å². The number of sulfonamides is 1. The Morgan fingerprint density at radius 1 is 1.31 bits per heavy atom. The van der Waals surface area contributed by atoms with Gasteiger partial charge in [0.05, 0.1) is 23.2 Å². The maximum Gasteiger partial charge on any atom is 0.271 e. The summed E-state index contributed by atoms with van der Waals surface area (Å²) in [4.78, 5) is 16.8. The molecule has 0 aromatic carbocycles. The van der Waals surface area contributed by atoms with Gasteiger partial charge in [0, 0.05) is 19.1 Å². The Morgan fingerprint density at radius 2 is 2.04 bits per heavy atom. The van der Waals surface area contributed by atoms with Gasteiger partial charge in [-0.15, -0.1) is 11.3 Å². The fourth-order valence-corrected chi connectivity index (χ4v) is 5.16. The second kappa shape index (κ2) is 6.93. The van der Waals surface area contributed by atoms with Crippen LogP contribution < -0.4 is 10.3 Å². The van der Waals surface area contributed by atoms with Crippen LogP contribution in [0.3, 0.4) is 0 Å². The van der Waals surface area contributed by atoms with E-state index in [0.29, 0.717) is 21.6 Å². The highest BCUT2D eigenvalue weighted by Crippen LogP contribution is 2.21. The molecule has 0 radical (unpaired) electrons. The fourth-order valence-electron chi connectivity index (χ4n) is 2.95. The number of nitrogens with zero attached hydrogens (tertiary/aromatic N) is 4. The van der Waals surface area contributed by atoms with Crippen molar-refractivity contribution < 1.29 is 8.42 Å². The fraction of sp³-hybridized carbons (Fsp3) is 0.438. The van der Waals surface area contributed by atoms with Crippen molar-refractivity contribution >= 4 is 31.6 Å². The molecule has 0 spiro atoms. The van der Waals surface area contributed by atoms with E-state index in [9.17, 15) is 13.2 Å². The van der Waals surface area contributed by atoms with E-state index in [2.05, 4.69) is 14.8 Å². The smallest absolute Gasteiger partial charge is 0.271 e. The Balaban J connectivity index is 1.78. The number of hydrogen-bond acceptors (Lipinski definition) is 6. The topological polar surface area (TPSA) is 98.9 Å². The number of rotatable bonds is 6. The largest absolute Gasteiger partial charge is 0.297 e. The Morgan fingerprint density at radius 3 is 2.69 bits per heavy atom. The van der Waals surface area contributed by atoms with Gasteiger partial charge in [-0.25, -0.2) is 18.1 Å². The van der Waals surface area contributed by atoms with E-state index in [-0.39, 0.29) is 29.6 Å². The predicted molar refractivity (Wildman–Crippen MR) is 101 cm³/mol. The predicted octanol–water partition coefficient (Wildman–Crippen LogP) is 1.83. The summed E-state index contributed by atoms with van der Waals surface area (Å²) in [6.07, 6.45) is 1.44. The Bertz CT molecular complexity index is 1110. The van der Waals surface area contributed by atoms with Crippen molar-refractivity contribution in [1.82, 2.24) is 24.1 Å². The van der Waals surface area contributed by atoms with Crippen LogP contribution in [0.2, 0.25) is 0 Å². The van der Waals surface area contributed by atoms with Crippen molar-refractivity contribution in [3.8, 4) is 0 Å². The van der Waals surface area contributed by atoms with Gasteiger partial charge in [0.15, 0.2) is 0 Å². The van der Waals surface area contributed by atoms with E-state index in [1.165, 1.54) is 22.2 Å². The summed E-state index contributed by atoms with van der Waals surface area (Å²) in [6, 6.07) is 1.85. The van der Waals surface area contributed by atoms with Crippen LogP contribution in [-0.2, 0) is 16.6 Å². The average molecular weight is 396 g/mol. The van der Waals surface area contributed by atoms with Gasteiger partial charge in [-0.3, -0.25) is 14.0 Å². The lowest BCUT2D eigenvalue weighted by atomic mass is 10.3. The zero-order valence-electron chi connectivity index (χ0n) is 15.1. The zero-order chi connectivity index (χ0) is 19.1. The summed E-state index contributed by atoms with van der Waals surface area (Å²) < 4.78 is 31.6. The number of aromatic nitrogens is 4. The molecule has 0 atom stereocenters. The van der Waals surface area contributed by atoms with E-state index in [1.54, 1.807) is 24.6 Å². The number of aryl methyl sites for hydroxylation is 1. The molecule has 3 aromatic rings. The van der Waals surface area contributed by atoms with Crippen LogP contribution >= 0.6 is 11.3 Å². The summed E-state index contributed by atoms with van der Waals surface area (Å²) in [7, 11) is -3.72. The molecule has 8 nitrogen and oxygen atoms in total. The van der Waals surface area contributed by atoms with Gasteiger partial charge in [-0.1, -0.05) is 0 Å². The van der Waals surface area contributed by atoms with Crippen molar-refractivity contribution in [3.05, 3.63) is 39.5 Å². The third kappa shape index (κ3) is 3.31. The lowest BCUT2D eigenvalue weighted by Gasteiger charge is -2.10. The van der Waals surface area contributed by atoms with Crippen LogP contribution in [0.15, 0.2) is 27.5 Å². The maximum atomic E-state index is 12.7. The number of nitrogens with one attached hydrogen (secondary N) is 1. The minimum absolute atomic E-state index is 0.0693. The summed E-state index contributed by atoms with van der Waals surface area (Å²) in [6.45, 7) is 7.61. The van der Waals surface area contributed by atoms with Crippen LogP contribution in [0.4, 0.5) is 0 Å². The highest BCUT2D eigenvalue weighted by Gasteiger charge is 2.25. The van der Waals surface area contributed by atoms with Crippen molar-refractivity contribution in [3.63, 3.8) is 0 Å². The van der Waals surface area contributed by atoms with E-state index in [4.69, 9.17) is 0 Å². The van der Waals surface area contributed by atoms with Gasteiger partial charge in [0.1, 0.15) is 9.60 Å². The molecule has 10 heteroatoms. The SMILES string of the molecule is Cc1nn(C(C)C)c(C)c1S(=O)(=O)NCCn1cnc2ccsc2c1=O. The lowest BCUT2D eigenvalue weighted by molar-refractivity contribution is 0.514. The van der Waals surface area contributed by atoms with Gasteiger partial charge in [0.25, 0.3) is 5.56 Å². The summed E-state index contributed by atoms with van der Waals surface area (Å²) in [5, 5.41) is 6.13. The molecule has 0 bridgehead atoms. The van der Waals surface area contributed by atoms with Crippen LogP contribution in [0.1, 0.15) is 31.3 Å². The normalized spacial score (nSPS) is 12.3. The Hall–Kier alpha value is -2.04. The first-order chi connectivity index (χ1) is 12.2. The first-order valence-corrected chi connectivity index (χ1v) is 10.6. The summed E-state index contributed by atoms with van der Waals surface area (Å²) in [5.41, 5.74) is 1.56. The highest BCUT2D eigenvalue weighted by molar-refractivity contribution is 7.89. The third-order valence-electron chi connectivity index (χ3n) is 4.10. The minimum atomic E-state index is -3.72. The quantitative estimate of drug-likeness (QED) is 0.686. The molecular weight excluding hydrogens is 374 g/mol. The molecule has 0 saturated carbocycles. The van der Waals surface area contributed by atoms with E-state index < -0.39 is 10.0 Å². The first-order valence-electron chi connectivity index (χ1n) is 8.20. The molecule has 0 saturated heterocycles. The standard InChI is InChI=1S/C16H21N5O3S2/c1-10(2)21-12(4)15(11(3)19-21)26(23,24)18-6-7-20-9-17-13-5-8-25-14(13)16(20)22/h5,8-10,18H,6-7H2,1-4H3. The molecule has 3 aromatic heterocycles. The summed E-state index contributed by atoms with van der Waals surface area (Å²) >= 11 is 1.33. The highest BCUT2D eigenvalue weighted by atomic mass is 32.2. The second-order valence-electron chi connectivity index (χ2n) is 6.31. The zero-order valence-corrected chi connectivity index (χ0v) is 16.7. The van der Waals surface area contributed by atoms with Crippen LogP contribution in [0, 0.1) is 13.8 Å². The Labute approximate surface area is 155 Å². The molecule has 26 heavy (non-hydrogen) atoms. The molecule has 0 unspecified atom stereocenters. The van der Waals surface area contributed by atoms with Crippen LogP contribution in [0.5, 0.6) is 0 Å². The molecule has 0 fully saturated rings. The maximum absolute atomic E-state index is 12.7. The average Bonchev–Trinajstić information content (AvgIpc) is 3.14. The molecule has 0 aliphatic heterocycles. The molecule has 3 heterocycles. The van der Waals surface area contributed by atoms with Crippen molar-refractivity contribution in [1.29, 1.82) is 0 Å². The van der Waals surface area contributed by atoms with Gasteiger partial charge in [-0.2, -0.15) is 5.10 Å². The van der Waals surface area contributed by atoms with E-state index in [0.717, 1.165) is 0 Å². The van der Waals surface area contributed by atoms with Crippen molar-refractivity contribution in [2.75, 3.05) is 6.54 Å².